The summed E-state index contributed by atoms with van der Waals surface area (Å²) in [6.07, 6.45) is 3.98. The van der Waals surface area contributed by atoms with Gasteiger partial charge in [-0.05, 0) is 49.8 Å². The number of hydrogen-bond acceptors (Lipinski definition) is 7. The summed E-state index contributed by atoms with van der Waals surface area (Å²) in [4.78, 5) is 57.6. The van der Waals surface area contributed by atoms with Crippen LogP contribution in [0.1, 0.15) is 63.5 Å². The largest absolute Gasteiger partial charge is 0.370 e. The number of rotatable bonds is 22. The van der Waals surface area contributed by atoms with Crippen molar-refractivity contribution >= 4 is 29.5 Å². The maximum Gasteiger partial charge on any atom is 0.243 e. The van der Waals surface area contributed by atoms with Crippen molar-refractivity contribution < 1.29 is 19.2 Å². The molecule has 0 aliphatic carbocycles. The van der Waals surface area contributed by atoms with Crippen LogP contribution in [-0.2, 0) is 32.0 Å². The third-order valence-corrected chi connectivity index (χ3v) is 7.41. The molecule has 2 aromatic carbocycles. The summed E-state index contributed by atoms with van der Waals surface area (Å²) in [6, 6.07) is 15.1. The van der Waals surface area contributed by atoms with E-state index in [1.54, 1.807) is 0 Å². The fourth-order valence-corrected chi connectivity index (χ4v) is 4.85. The highest BCUT2D eigenvalue weighted by Crippen LogP contribution is 2.09. The van der Waals surface area contributed by atoms with Gasteiger partial charge >= 0.3 is 0 Å². The zero-order valence-electron chi connectivity index (χ0n) is 27.2. The molecular formula is C34H52N8O4. The van der Waals surface area contributed by atoms with Crippen molar-refractivity contribution in [2.45, 2.75) is 89.4 Å². The Morgan fingerprint density at radius 2 is 1.24 bits per heavy atom. The molecule has 0 bridgehead atoms. The fraction of sp³-hybridized carbons (Fsp3) is 0.500. The van der Waals surface area contributed by atoms with Crippen LogP contribution in [0.15, 0.2) is 65.7 Å². The summed E-state index contributed by atoms with van der Waals surface area (Å²) >= 11 is 0. The van der Waals surface area contributed by atoms with Gasteiger partial charge in [0.2, 0.25) is 17.7 Å². The molecule has 0 aliphatic rings. The lowest BCUT2D eigenvalue weighted by Gasteiger charge is -2.26. The molecule has 2 aromatic rings. The van der Waals surface area contributed by atoms with Crippen molar-refractivity contribution in [1.29, 1.82) is 0 Å². The van der Waals surface area contributed by atoms with E-state index in [0.717, 1.165) is 24.0 Å². The van der Waals surface area contributed by atoms with E-state index in [9.17, 15) is 19.2 Å². The smallest absolute Gasteiger partial charge is 0.243 e. The van der Waals surface area contributed by atoms with Gasteiger partial charge < -0.3 is 38.5 Å². The van der Waals surface area contributed by atoms with Crippen LogP contribution in [0.3, 0.4) is 0 Å². The van der Waals surface area contributed by atoms with Crippen LogP contribution in [0.25, 0.3) is 0 Å². The molecule has 0 aliphatic heterocycles. The number of benzene rings is 2. The van der Waals surface area contributed by atoms with Gasteiger partial charge in [-0.1, -0.05) is 87.4 Å². The monoisotopic (exact) mass is 636 g/mol. The molecule has 0 heterocycles. The van der Waals surface area contributed by atoms with Crippen molar-refractivity contribution in [3.05, 3.63) is 71.8 Å². The van der Waals surface area contributed by atoms with E-state index in [4.69, 9.17) is 17.2 Å². The van der Waals surface area contributed by atoms with Gasteiger partial charge in [-0.3, -0.25) is 24.2 Å². The molecule has 0 saturated heterocycles. The van der Waals surface area contributed by atoms with E-state index in [1.807, 2.05) is 74.5 Å². The van der Waals surface area contributed by atoms with E-state index in [0.29, 0.717) is 45.2 Å². The Bertz CT molecular complexity index is 1240. The van der Waals surface area contributed by atoms with Gasteiger partial charge in [-0.15, -0.1) is 0 Å². The number of hydrogen-bond donors (Lipinski definition) is 7. The molecule has 4 atom stereocenters. The minimum absolute atomic E-state index is 0.0444. The summed E-state index contributed by atoms with van der Waals surface area (Å²) in [7, 11) is 0. The fourth-order valence-electron chi connectivity index (χ4n) is 4.85. The Kier molecular flexibility index (Phi) is 17.7. The van der Waals surface area contributed by atoms with Crippen LogP contribution in [0.4, 0.5) is 0 Å². The third-order valence-electron chi connectivity index (χ3n) is 7.41. The molecule has 10 N–H and O–H groups in total. The SMILES string of the molecule is CCCC[C@@H](NC(=O)[C@@H](Cc1ccccc1)NC(=O)[C@H](N)Cc1ccccc1)C(=O)N[C@H](CCCN=C(N)N)C(=O)CNCCC. The van der Waals surface area contributed by atoms with Gasteiger partial charge in [0.1, 0.15) is 12.1 Å². The lowest BCUT2D eigenvalue weighted by Crippen LogP contribution is -2.58. The first kappa shape index (κ1) is 37.9. The molecule has 46 heavy (non-hydrogen) atoms. The highest BCUT2D eigenvalue weighted by atomic mass is 16.2. The predicted molar refractivity (Wildman–Crippen MR) is 182 cm³/mol. The van der Waals surface area contributed by atoms with Gasteiger partial charge in [0.25, 0.3) is 0 Å². The molecule has 0 radical (unpaired) electrons. The summed E-state index contributed by atoms with van der Waals surface area (Å²) < 4.78 is 0. The van der Waals surface area contributed by atoms with Crippen LogP contribution < -0.4 is 38.5 Å². The van der Waals surface area contributed by atoms with E-state index in [-0.39, 0.29) is 24.7 Å². The van der Waals surface area contributed by atoms with Crippen molar-refractivity contribution in [3.8, 4) is 0 Å². The number of guanidine groups is 1. The number of ketones is 1. The van der Waals surface area contributed by atoms with Gasteiger partial charge in [-0.25, -0.2) is 0 Å². The van der Waals surface area contributed by atoms with Crippen molar-refractivity contribution in [2.24, 2.45) is 22.2 Å². The number of carbonyl (C=O) groups excluding carboxylic acids is 4. The second-order valence-corrected chi connectivity index (χ2v) is 11.4. The number of nitrogens with zero attached hydrogens (tertiary/aromatic N) is 1. The molecule has 12 heteroatoms. The Hall–Kier alpha value is -4.29. The Balaban J connectivity index is 2.21. The normalized spacial score (nSPS) is 13.5. The lowest BCUT2D eigenvalue weighted by molar-refractivity contribution is -0.133. The van der Waals surface area contributed by atoms with Crippen LogP contribution in [0.2, 0.25) is 0 Å². The van der Waals surface area contributed by atoms with Crippen molar-refractivity contribution in [2.75, 3.05) is 19.6 Å². The van der Waals surface area contributed by atoms with Crippen LogP contribution in [-0.4, -0.2) is 73.3 Å². The second-order valence-electron chi connectivity index (χ2n) is 11.4. The third kappa shape index (κ3) is 14.7. The van der Waals surface area contributed by atoms with E-state index in [1.165, 1.54) is 0 Å². The number of aliphatic imine (C=N–C) groups is 1. The Labute approximate surface area is 272 Å². The Morgan fingerprint density at radius 3 is 1.83 bits per heavy atom. The van der Waals surface area contributed by atoms with E-state index in [2.05, 4.69) is 26.3 Å². The summed E-state index contributed by atoms with van der Waals surface area (Å²) in [5.41, 5.74) is 18.8. The first-order valence-electron chi connectivity index (χ1n) is 16.2. The number of nitrogens with one attached hydrogen (secondary N) is 4. The average Bonchev–Trinajstić information content (AvgIpc) is 3.04. The molecule has 0 fully saturated rings. The summed E-state index contributed by atoms with van der Waals surface area (Å²) in [5.74, 6) is -1.67. The molecule has 252 valence electrons. The topological polar surface area (TPSA) is 207 Å². The van der Waals surface area contributed by atoms with E-state index >= 15 is 0 Å². The van der Waals surface area contributed by atoms with Gasteiger partial charge in [0.15, 0.2) is 11.7 Å². The highest BCUT2D eigenvalue weighted by molar-refractivity contribution is 5.95. The maximum atomic E-state index is 13.7. The molecule has 0 unspecified atom stereocenters. The quantitative estimate of drug-likeness (QED) is 0.0564. The number of nitrogens with two attached hydrogens (primary N) is 3. The molecular weight excluding hydrogens is 584 g/mol. The van der Waals surface area contributed by atoms with Gasteiger partial charge in [-0.2, -0.15) is 0 Å². The lowest BCUT2D eigenvalue weighted by atomic mass is 10.0. The minimum atomic E-state index is -0.982. The molecule has 0 aromatic heterocycles. The number of unbranched alkanes of at least 4 members (excludes halogenated alkanes) is 1. The average molecular weight is 637 g/mol. The highest BCUT2D eigenvalue weighted by Gasteiger charge is 2.30. The molecule has 12 nitrogen and oxygen atoms in total. The van der Waals surface area contributed by atoms with Gasteiger partial charge in [0, 0.05) is 13.0 Å². The van der Waals surface area contributed by atoms with Crippen molar-refractivity contribution in [3.63, 3.8) is 0 Å². The summed E-state index contributed by atoms with van der Waals surface area (Å²) in [5, 5.41) is 11.6. The molecule has 0 saturated carbocycles. The van der Waals surface area contributed by atoms with Crippen LogP contribution in [0, 0.1) is 0 Å². The zero-order valence-corrected chi connectivity index (χ0v) is 27.2. The van der Waals surface area contributed by atoms with Gasteiger partial charge in [0.05, 0.1) is 18.6 Å². The zero-order chi connectivity index (χ0) is 33.7. The standard InChI is InChI=1S/C34H52N8O4/c1-3-5-17-28(32(45)40-27(18-12-20-39-34(36)37)30(43)23-38-19-4-2)41-33(46)29(22-25-15-10-7-11-16-25)42-31(44)26(35)21-24-13-8-6-9-14-24/h6-11,13-16,26-29,38H,3-5,12,17-23,35H2,1-2H3,(H,40,45)(H,41,46)(H,42,44)(H4,36,37,39)/t26-,27-,28-,29-/m1/s1. The number of amides is 3. The van der Waals surface area contributed by atoms with Crippen molar-refractivity contribution in [1.82, 2.24) is 21.3 Å². The summed E-state index contributed by atoms with van der Waals surface area (Å²) in [6.45, 7) is 5.06. The number of carbonyl (C=O) groups is 4. The van der Waals surface area contributed by atoms with Crippen LogP contribution >= 0.6 is 0 Å². The van der Waals surface area contributed by atoms with E-state index < -0.39 is 41.9 Å². The second kappa shape index (κ2) is 21.4. The number of Topliss-reactive ketones (excluding diaryl/α,β-unsaturated/α-hetero) is 1. The first-order chi connectivity index (χ1) is 22.1. The maximum absolute atomic E-state index is 13.7. The molecule has 0 spiro atoms. The first-order valence-corrected chi connectivity index (χ1v) is 16.2. The predicted octanol–water partition coefficient (Wildman–Crippen LogP) is 1.07. The van der Waals surface area contributed by atoms with Crippen LogP contribution in [0.5, 0.6) is 0 Å². The minimum Gasteiger partial charge on any atom is -0.370 e. The molecule has 2 rings (SSSR count). The molecule has 3 amide bonds. The Morgan fingerprint density at radius 1 is 0.696 bits per heavy atom.